The summed E-state index contributed by atoms with van der Waals surface area (Å²) in [5.41, 5.74) is 2.05. The molecule has 0 amide bonds. The number of alkyl halides is 3. The molecule has 0 radical (unpaired) electrons. The monoisotopic (exact) mass is 412 g/mol. The highest BCUT2D eigenvalue weighted by molar-refractivity contribution is 6.01. The van der Waals surface area contributed by atoms with E-state index in [4.69, 9.17) is 14.9 Å². The van der Waals surface area contributed by atoms with Gasteiger partial charge in [-0.15, -0.1) is 0 Å². The van der Waals surface area contributed by atoms with E-state index >= 15 is 0 Å². The van der Waals surface area contributed by atoms with Crippen LogP contribution in [0.3, 0.4) is 0 Å². The zero-order valence-electron chi connectivity index (χ0n) is 16.3. The van der Waals surface area contributed by atoms with E-state index in [1.54, 1.807) is 0 Å². The van der Waals surface area contributed by atoms with Gasteiger partial charge < -0.3 is 20.1 Å². The Hall–Kier alpha value is -2.72. The molecule has 3 aromatic rings. The van der Waals surface area contributed by atoms with Crippen LogP contribution >= 0.6 is 0 Å². The van der Waals surface area contributed by atoms with Crippen LogP contribution < -0.4 is 5.32 Å². The molecule has 0 aliphatic carbocycles. The first-order valence-electron chi connectivity index (χ1n) is 8.90. The number of hydrogen-bond donors (Lipinski definition) is 3. The molecule has 1 aromatic carbocycles. The highest BCUT2D eigenvalue weighted by Gasteiger charge is 2.38. The molecule has 158 valence electrons. The number of halogens is 3. The first kappa shape index (κ1) is 22.6. The number of benzene rings is 1. The quantitative estimate of drug-likeness (QED) is 0.596. The molecular weight excluding hydrogens is 389 g/mol. The van der Waals surface area contributed by atoms with Crippen LogP contribution in [0.4, 0.5) is 13.2 Å². The van der Waals surface area contributed by atoms with Gasteiger partial charge in [0.2, 0.25) is 0 Å². The summed E-state index contributed by atoms with van der Waals surface area (Å²) in [5, 5.41) is 21.7. The minimum atomic E-state index is -5.08. The molecule has 0 fully saturated rings. The molecule has 29 heavy (non-hydrogen) atoms. The first-order chi connectivity index (χ1) is 13.4. The largest absolute Gasteiger partial charge is 0.490 e. The van der Waals surface area contributed by atoms with Crippen molar-refractivity contribution in [3.63, 3.8) is 0 Å². The molecule has 0 spiro atoms. The maximum absolute atomic E-state index is 10.6. The molecule has 10 heteroatoms. The van der Waals surface area contributed by atoms with Crippen molar-refractivity contribution < 1.29 is 28.2 Å². The highest BCUT2D eigenvalue weighted by atomic mass is 19.4. The van der Waals surface area contributed by atoms with Crippen LogP contribution in [0.5, 0.6) is 0 Å². The Morgan fingerprint density at radius 2 is 1.86 bits per heavy atom. The number of aliphatic hydroxyl groups is 1. The Labute approximate surface area is 165 Å². The van der Waals surface area contributed by atoms with Crippen molar-refractivity contribution in [1.82, 2.24) is 19.9 Å². The zero-order chi connectivity index (χ0) is 21.8. The zero-order valence-corrected chi connectivity index (χ0v) is 16.3. The van der Waals surface area contributed by atoms with E-state index in [1.807, 2.05) is 44.3 Å². The Kier molecular flexibility index (Phi) is 6.81. The SMILES string of the molecule is CCNCc1nc2c3ccccc3ncc2n1CC(C)(C)O.O=C(O)C(F)(F)F. The number of carboxylic acid groups (broad SMARTS) is 1. The Morgan fingerprint density at radius 3 is 2.41 bits per heavy atom. The molecule has 7 nitrogen and oxygen atoms in total. The number of hydrogen-bond acceptors (Lipinski definition) is 5. The van der Waals surface area contributed by atoms with Gasteiger partial charge in [-0.1, -0.05) is 25.1 Å². The number of pyridine rings is 1. The van der Waals surface area contributed by atoms with Gasteiger partial charge in [0.15, 0.2) is 0 Å². The van der Waals surface area contributed by atoms with E-state index in [9.17, 15) is 18.3 Å². The lowest BCUT2D eigenvalue weighted by atomic mass is 10.1. The summed E-state index contributed by atoms with van der Waals surface area (Å²) in [6.45, 7) is 7.74. The second kappa shape index (κ2) is 8.75. The van der Waals surface area contributed by atoms with E-state index in [0.717, 1.165) is 34.3 Å². The smallest absolute Gasteiger partial charge is 0.475 e. The number of aromatic nitrogens is 3. The summed E-state index contributed by atoms with van der Waals surface area (Å²) in [4.78, 5) is 18.2. The van der Waals surface area contributed by atoms with Crippen LogP contribution in [0.15, 0.2) is 30.5 Å². The molecule has 2 aromatic heterocycles. The molecule has 0 atom stereocenters. The van der Waals surface area contributed by atoms with E-state index < -0.39 is 17.7 Å². The van der Waals surface area contributed by atoms with Crippen molar-refractivity contribution in [3.05, 3.63) is 36.3 Å². The van der Waals surface area contributed by atoms with Gasteiger partial charge in [-0.3, -0.25) is 4.98 Å². The number of carboxylic acids is 1. The fraction of sp³-hybridized carbons (Fsp3) is 0.421. The third kappa shape index (κ3) is 5.88. The fourth-order valence-electron chi connectivity index (χ4n) is 2.69. The molecule has 0 aliphatic heterocycles. The minimum absolute atomic E-state index is 0.490. The molecule has 0 unspecified atom stereocenters. The lowest BCUT2D eigenvalue weighted by Gasteiger charge is -2.20. The van der Waals surface area contributed by atoms with Crippen molar-refractivity contribution in [2.24, 2.45) is 0 Å². The van der Waals surface area contributed by atoms with Gasteiger partial charge in [-0.2, -0.15) is 13.2 Å². The number of carbonyl (C=O) groups is 1. The second-order valence-electron chi connectivity index (χ2n) is 7.02. The first-order valence-corrected chi connectivity index (χ1v) is 8.90. The van der Waals surface area contributed by atoms with Gasteiger partial charge in [0.05, 0.1) is 41.4 Å². The lowest BCUT2D eigenvalue weighted by Crippen LogP contribution is -2.28. The highest BCUT2D eigenvalue weighted by Crippen LogP contribution is 2.25. The summed E-state index contributed by atoms with van der Waals surface area (Å²) < 4.78 is 33.8. The van der Waals surface area contributed by atoms with Gasteiger partial charge in [-0.25, -0.2) is 9.78 Å². The average Bonchev–Trinajstić information content (AvgIpc) is 2.96. The van der Waals surface area contributed by atoms with Crippen LogP contribution in [0, 0.1) is 0 Å². The van der Waals surface area contributed by atoms with Crippen molar-refractivity contribution in [1.29, 1.82) is 0 Å². The van der Waals surface area contributed by atoms with Crippen LogP contribution in [0.25, 0.3) is 21.9 Å². The van der Waals surface area contributed by atoms with Gasteiger partial charge >= 0.3 is 12.1 Å². The molecule has 0 aliphatic rings. The van der Waals surface area contributed by atoms with Crippen LogP contribution in [0.2, 0.25) is 0 Å². The lowest BCUT2D eigenvalue weighted by molar-refractivity contribution is -0.192. The minimum Gasteiger partial charge on any atom is -0.475 e. The summed E-state index contributed by atoms with van der Waals surface area (Å²) in [6, 6.07) is 8.02. The molecule has 3 N–H and O–H groups in total. The van der Waals surface area contributed by atoms with Crippen LogP contribution in [0.1, 0.15) is 26.6 Å². The predicted molar refractivity (Wildman–Crippen MR) is 102 cm³/mol. The van der Waals surface area contributed by atoms with Crippen molar-refractivity contribution in [2.45, 2.75) is 45.6 Å². The number of imidazole rings is 1. The van der Waals surface area contributed by atoms with Crippen molar-refractivity contribution >= 4 is 27.9 Å². The van der Waals surface area contributed by atoms with Gasteiger partial charge in [0.1, 0.15) is 5.82 Å². The third-order valence-electron chi connectivity index (χ3n) is 3.89. The summed E-state index contributed by atoms with van der Waals surface area (Å²) in [7, 11) is 0. The summed E-state index contributed by atoms with van der Waals surface area (Å²) in [5.74, 6) is -1.83. The number of nitrogens with zero attached hydrogens (tertiary/aromatic N) is 3. The maximum atomic E-state index is 10.6. The molecule has 0 bridgehead atoms. The predicted octanol–water partition coefficient (Wildman–Crippen LogP) is 3.10. The third-order valence-corrected chi connectivity index (χ3v) is 3.89. The number of aliphatic carboxylic acids is 1. The van der Waals surface area contributed by atoms with Gasteiger partial charge in [-0.05, 0) is 26.5 Å². The topological polar surface area (TPSA) is 100 Å². The van der Waals surface area contributed by atoms with Crippen molar-refractivity contribution in [2.75, 3.05) is 6.54 Å². The molecule has 2 heterocycles. The average molecular weight is 412 g/mol. The Morgan fingerprint density at radius 1 is 1.24 bits per heavy atom. The van der Waals surface area contributed by atoms with Crippen LogP contribution in [-0.4, -0.2) is 49.0 Å². The Bertz CT molecular complexity index is 994. The van der Waals surface area contributed by atoms with Gasteiger partial charge in [0, 0.05) is 5.39 Å². The second-order valence-corrected chi connectivity index (χ2v) is 7.02. The van der Waals surface area contributed by atoms with Crippen LogP contribution in [-0.2, 0) is 17.9 Å². The summed E-state index contributed by atoms with van der Waals surface area (Å²) in [6.07, 6.45) is -3.23. The maximum Gasteiger partial charge on any atom is 0.490 e. The van der Waals surface area contributed by atoms with E-state index in [-0.39, 0.29) is 0 Å². The van der Waals surface area contributed by atoms with Gasteiger partial charge in [0.25, 0.3) is 0 Å². The number of para-hydroxylation sites is 1. The number of nitrogens with one attached hydrogen (secondary N) is 1. The number of rotatable bonds is 5. The van der Waals surface area contributed by atoms with Crippen molar-refractivity contribution in [3.8, 4) is 0 Å². The molecular formula is C19H23F3N4O3. The Balaban J connectivity index is 0.000000370. The summed E-state index contributed by atoms with van der Waals surface area (Å²) >= 11 is 0. The van der Waals surface area contributed by atoms with E-state index in [2.05, 4.69) is 21.8 Å². The van der Waals surface area contributed by atoms with E-state index in [0.29, 0.717) is 13.1 Å². The standard InChI is InChI=1S/C17H22N4O.C2HF3O2/c1-4-18-10-15-20-16-12-7-5-6-8-13(12)19-9-14(16)21(15)11-17(2,3)22;3-2(4,5)1(6)7/h5-9,18,22H,4,10-11H2,1-3H3;(H,6,7). The molecule has 0 saturated heterocycles. The molecule has 0 saturated carbocycles. The fourth-order valence-corrected chi connectivity index (χ4v) is 2.69. The molecule has 3 rings (SSSR count). The van der Waals surface area contributed by atoms with E-state index in [1.165, 1.54) is 0 Å². The normalized spacial score (nSPS) is 12.1. The number of fused-ring (bicyclic) bond motifs is 3.